The van der Waals surface area contributed by atoms with Crippen LogP contribution in [0.4, 0.5) is 0 Å². The van der Waals surface area contributed by atoms with Gasteiger partial charge in [-0.15, -0.1) is 0 Å². The van der Waals surface area contributed by atoms with Crippen LogP contribution in [-0.4, -0.2) is 18.3 Å². The molecule has 0 aliphatic carbocycles. The molecule has 0 heterocycles. The SMILES string of the molecule is CCCCc1cc(C)ccc1OCCO. The van der Waals surface area contributed by atoms with Gasteiger partial charge in [0, 0.05) is 0 Å². The third kappa shape index (κ3) is 3.92. The van der Waals surface area contributed by atoms with Crippen molar-refractivity contribution in [3.05, 3.63) is 29.3 Å². The normalized spacial score (nSPS) is 10.3. The number of ether oxygens (including phenoxy) is 1. The van der Waals surface area contributed by atoms with Crippen molar-refractivity contribution in [2.75, 3.05) is 13.2 Å². The highest BCUT2D eigenvalue weighted by Crippen LogP contribution is 2.21. The Morgan fingerprint density at radius 1 is 1.33 bits per heavy atom. The largest absolute Gasteiger partial charge is 0.491 e. The zero-order chi connectivity index (χ0) is 11.1. The van der Waals surface area contributed by atoms with Crippen molar-refractivity contribution in [3.8, 4) is 5.75 Å². The molecule has 2 nitrogen and oxygen atoms in total. The second-order valence-electron chi connectivity index (χ2n) is 3.79. The van der Waals surface area contributed by atoms with E-state index in [1.54, 1.807) is 0 Å². The Bertz CT molecular complexity index is 295. The Hall–Kier alpha value is -1.02. The second kappa shape index (κ2) is 6.46. The minimum atomic E-state index is 0.0705. The quantitative estimate of drug-likeness (QED) is 0.779. The Balaban J connectivity index is 2.73. The predicted molar refractivity (Wildman–Crippen MR) is 62.4 cm³/mol. The molecule has 15 heavy (non-hydrogen) atoms. The minimum Gasteiger partial charge on any atom is -0.491 e. The van der Waals surface area contributed by atoms with Crippen molar-refractivity contribution in [2.45, 2.75) is 33.1 Å². The first-order chi connectivity index (χ1) is 7.27. The lowest BCUT2D eigenvalue weighted by molar-refractivity contribution is 0.200. The fourth-order valence-electron chi connectivity index (χ4n) is 1.57. The number of benzene rings is 1. The summed E-state index contributed by atoms with van der Waals surface area (Å²) in [5.74, 6) is 0.920. The van der Waals surface area contributed by atoms with Gasteiger partial charge in [-0.1, -0.05) is 31.0 Å². The van der Waals surface area contributed by atoms with Crippen molar-refractivity contribution < 1.29 is 9.84 Å². The number of unbranched alkanes of at least 4 members (excludes halogenated alkanes) is 1. The van der Waals surface area contributed by atoms with Crippen LogP contribution in [0.1, 0.15) is 30.9 Å². The molecule has 1 aromatic carbocycles. The number of hydrogen-bond donors (Lipinski definition) is 1. The highest BCUT2D eigenvalue weighted by molar-refractivity contribution is 5.37. The fraction of sp³-hybridized carbons (Fsp3) is 0.538. The number of aryl methyl sites for hydroxylation is 2. The molecule has 2 heteroatoms. The molecule has 1 rings (SSSR count). The van der Waals surface area contributed by atoms with Gasteiger partial charge in [0.1, 0.15) is 12.4 Å². The molecule has 0 aromatic heterocycles. The average Bonchev–Trinajstić information content (AvgIpc) is 2.25. The van der Waals surface area contributed by atoms with Crippen molar-refractivity contribution in [2.24, 2.45) is 0 Å². The van der Waals surface area contributed by atoms with E-state index in [1.807, 2.05) is 12.1 Å². The van der Waals surface area contributed by atoms with Gasteiger partial charge in [-0.2, -0.15) is 0 Å². The number of rotatable bonds is 6. The van der Waals surface area contributed by atoms with Crippen LogP contribution in [0.2, 0.25) is 0 Å². The lowest BCUT2D eigenvalue weighted by atomic mass is 10.0. The van der Waals surface area contributed by atoms with Gasteiger partial charge in [0.25, 0.3) is 0 Å². The van der Waals surface area contributed by atoms with Gasteiger partial charge >= 0.3 is 0 Å². The highest BCUT2D eigenvalue weighted by Gasteiger charge is 2.03. The molecule has 0 bridgehead atoms. The van der Waals surface area contributed by atoms with Crippen LogP contribution in [0, 0.1) is 6.92 Å². The summed E-state index contributed by atoms with van der Waals surface area (Å²) in [5.41, 5.74) is 2.52. The molecular weight excluding hydrogens is 188 g/mol. The van der Waals surface area contributed by atoms with E-state index >= 15 is 0 Å². The van der Waals surface area contributed by atoms with Crippen LogP contribution in [-0.2, 0) is 6.42 Å². The Morgan fingerprint density at radius 3 is 2.80 bits per heavy atom. The van der Waals surface area contributed by atoms with Gasteiger partial charge in [-0.3, -0.25) is 0 Å². The van der Waals surface area contributed by atoms with Crippen molar-refractivity contribution in [1.82, 2.24) is 0 Å². The summed E-state index contributed by atoms with van der Waals surface area (Å²) in [4.78, 5) is 0. The monoisotopic (exact) mass is 208 g/mol. The zero-order valence-electron chi connectivity index (χ0n) is 9.62. The van der Waals surface area contributed by atoms with Gasteiger partial charge < -0.3 is 9.84 Å². The molecule has 0 aliphatic heterocycles. The first kappa shape index (κ1) is 12.1. The molecule has 0 unspecified atom stereocenters. The minimum absolute atomic E-state index is 0.0705. The summed E-state index contributed by atoms with van der Waals surface area (Å²) >= 11 is 0. The van der Waals surface area contributed by atoms with E-state index in [-0.39, 0.29) is 6.61 Å². The molecular formula is C13H20O2. The third-order valence-corrected chi connectivity index (χ3v) is 2.36. The molecule has 0 radical (unpaired) electrons. The maximum Gasteiger partial charge on any atom is 0.122 e. The smallest absolute Gasteiger partial charge is 0.122 e. The highest BCUT2D eigenvalue weighted by atomic mass is 16.5. The van der Waals surface area contributed by atoms with Gasteiger partial charge in [0.05, 0.1) is 6.61 Å². The maximum atomic E-state index is 8.72. The zero-order valence-corrected chi connectivity index (χ0v) is 9.62. The molecule has 84 valence electrons. The van der Waals surface area contributed by atoms with E-state index in [0.717, 1.165) is 12.2 Å². The van der Waals surface area contributed by atoms with Crippen molar-refractivity contribution >= 4 is 0 Å². The van der Waals surface area contributed by atoms with Crippen LogP contribution < -0.4 is 4.74 Å². The van der Waals surface area contributed by atoms with E-state index < -0.39 is 0 Å². The van der Waals surface area contributed by atoms with E-state index in [2.05, 4.69) is 19.9 Å². The van der Waals surface area contributed by atoms with Crippen LogP contribution in [0.15, 0.2) is 18.2 Å². The van der Waals surface area contributed by atoms with Gasteiger partial charge in [-0.05, 0) is 31.4 Å². The Labute approximate surface area is 91.9 Å². The van der Waals surface area contributed by atoms with Crippen LogP contribution in [0.25, 0.3) is 0 Å². The van der Waals surface area contributed by atoms with Crippen LogP contribution in [0.5, 0.6) is 5.75 Å². The molecule has 0 saturated heterocycles. The topological polar surface area (TPSA) is 29.5 Å². The fourth-order valence-corrected chi connectivity index (χ4v) is 1.57. The van der Waals surface area contributed by atoms with E-state index in [0.29, 0.717) is 6.61 Å². The Kier molecular flexibility index (Phi) is 5.19. The summed E-state index contributed by atoms with van der Waals surface area (Å²) in [5, 5.41) is 8.72. The van der Waals surface area contributed by atoms with Crippen LogP contribution in [0.3, 0.4) is 0 Å². The maximum absolute atomic E-state index is 8.72. The van der Waals surface area contributed by atoms with Crippen molar-refractivity contribution in [1.29, 1.82) is 0 Å². The summed E-state index contributed by atoms with van der Waals surface area (Å²) in [6, 6.07) is 6.21. The van der Waals surface area contributed by atoms with Gasteiger partial charge in [0.15, 0.2) is 0 Å². The molecule has 0 aliphatic rings. The third-order valence-electron chi connectivity index (χ3n) is 2.36. The molecule has 0 saturated carbocycles. The molecule has 1 N–H and O–H groups in total. The summed E-state index contributed by atoms with van der Waals surface area (Å²) in [6.07, 6.45) is 3.42. The molecule has 1 aromatic rings. The van der Waals surface area contributed by atoms with E-state index in [1.165, 1.54) is 24.0 Å². The molecule has 0 spiro atoms. The summed E-state index contributed by atoms with van der Waals surface area (Å²) in [6.45, 7) is 4.72. The lowest BCUT2D eigenvalue weighted by Crippen LogP contribution is -2.04. The average molecular weight is 208 g/mol. The van der Waals surface area contributed by atoms with Crippen LogP contribution >= 0.6 is 0 Å². The standard InChI is InChI=1S/C13H20O2/c1-3-4-5-12-10-11(2)6-7-13(12)15-9-8-14/h6-7,10,14H,3-5,8-9H2,1-2H3. The van der Waals surface area contributed by atoms with E-state index in [4.69, 9.17) is 9.84 Å². The van der Waals surface area contributed by atoms with Crippen molar-refractivity contribution in [3.63, 3.8) is 0 Å². The lowest BCUT2D eigenvalue weighted by Gasteiger charge is -2.11. The summed E-state index contributed by atoms with van der Waals surface area (Å²) in [7, 11) is 0. The Morgan fingerprint density at radius 2 is 2.13 bits per heavy atom. The molecule has 0 atom stereocenters. The number of aliphatic hydroxyl groups is 1. The summed E-state index contributed by atoms with van der Waals surface area (Å²) < 4.78 is 5.49. The predicted octanol–water partition coefficient (Wildman–Crippen LogP) is 2.71. The first-order valence-corrected chi connectivity index (χ1v) is 5.61. The second-order valence-corrected chi connectivity index (χ2v) is 3.79. The van der Waals surface area contributed by atoms with E-state index in [9.17, 15) is 0 Å². The van der Waals surface area contributed by atoms with Gasteiger partial charge in [0.2, 0.25) is 0 Å². The first-order valence-electron chi connectivity index (χ1n) is 5.61. The molecule has 0 amide bonds. The number of hydrogen-bond acceptors (Lipinski definition) is 2. The van der Waals surface area contributed by atoms with Gasteiger partial charge in [-0.25, -0.2) is 0 Å². The number of aliphatic hydroxyl groups excluding tert-OH is 1. The molecule has 0 fully saturated rings.